The molecule has 0 saturated heterocycles. The van der Waals surface area contributed by atoms with E-state index in [4.69, 9.17) is 39.5 Å². The van der Waals surface area contributed by atoms with E-state index in [1.165, 1.54) is 0 Å². The minimum absolute atomic E-state index is 0.343. The van der Waals surface area contributed by atoms with Crippen LogP contribution in [0, 0.1) is 0 Å². The van der Waals surface area contributed by atoms with Crippen LogP contribution >= 0.6 is 34.8 Å². The van der Waals surface area contributed by atoms with E-state index in [1.54, 1.807) is 36.4 Å². The molecular formula is C20H14Cl3NO3. The second-order valence-electron chi connectivity index (χ2n) is 5.73. The Balaban J connectivity index is 1.85. The molecule has 0 aromatic heterocycles. The maximum atomic E-state index is 12.8. The largest absolute Gasteiger partial charge is 0.466 e. The number of ether oxygens (including phenoxy) is 1. The van der Waals surface area contributed by atoms with Gasteiger partial charge >= 0.3 is 0 Å². The van der Waals surface area contributed by atoms with E-state index in [0.29, 0.717) is 23.2 Å². The number of benzene rings is 3. The number of carbonyl (C=O) groups excluding carboxylic acids is 2. The quantitative estimate of drug-likeness (QED) is 0.351. The molecule has 0 saturated carbocycles. The van der Waals surface area contributed by atoms with Gasteiger partial charge in [-0.1, -0.05) is 71.2 Å². The SMILES string of the molecule is O=Cc1ccc(O[C@@H](NC(=O)c2cccc3ccccc23)C(Cl)(Cl)Cl)cc1. The number of rotatable bonds is 5. The van der Waals surface area contributed by atoms with Crippen molar-refractivity contribution >= 4 is 57.8 Å². The summed E-state index contributed by atoms with van der Waals surface area (Å²) < 4.78 is 3.73. The lowest BCUT2D eigenvalue weighted by Crippen LogP contribution is -2.47. The number of nitrogens with one attached hydrogen (secondary N) is 1. The zero-order chi connectivity index (χ0) is 19.4. The van der Waals surface area contributed by atoms with Gasteiger partial charge in [-0.05, 0) is 41.1 Å². The molecule has 1 N–H and O–H groups in total. The van der Waals surface area contributed by atoms with Crippen molar-refractivity contribution in [1.82, 2.24) is 5.32 Å². The van der Waals surface area contributed by atoms with Gasteiger partial charge in [0.2, 0.25) is 10.0 Å². The summed E-state index contributed by atoms with van der Waals surface area (Å²) in [5.41, 5.74) is 0.917. The van der Waals surface area contributed by atoms with Gasteiger partial charge in [0.15, 0.2) is 0 Å². The monoisotopic (exact) mass is 421 g/mol. The molecule has 4 nitrogen and oxygen atoms in total. The van der Waals surface area contributed by atoms with Gasteiger partial charge < -0.3 is 10.1 Å². The second kappa shape index (κ2) is 8.17. The van der Waals surface area contributed by atoms with Crippen LogP contribution in [0.2, 0.25) is 0 Å². The topological polar surface area (TPSA) is 55.4 Å². The molecule has 138 valence electrons. The van der Waals surface area contributed by atoms with Crippen molar-refractivity contribution in [2.24, 2.45) is 0 Å². The Morgan fingerprint density at radius 1 is 0.963 bits per heavy atom. The molecule has 0 bridgehead atoms. The van der Waals surface area contributed by atoms with Crippen molar-refractivity contribution in [3.05, 3.63) is 77.9 Å². The lowest BCUT2D eigenvalue weighted by Gasteiger charge is -2.26. The van der Waals surface area contributed by atoms with Gasteiger partial charge in [-0.2, -0.15) is 0 Å². The standard InChI is InChI=1S/C20H14Cl3NO3/c21-20(22,23)19(27-15-10-8-13(12-25)9-11-15)24-18(26)17-7-3-5-14-4-1-2-6-16(14)17/h1-12,19H,(H,24,26)/t19-/m1/s1. The van der Waals surface area contributed by atoms with Crippen LogP contribution in [0.1, 0.15) is 20.7 Å². The third-order valence-corrected chi connectivity index (χ3v) is 4.46. The van der Waals surface area contributed by atoms with Crippen LogP contribution in [-0.2, 0) is 0 Å². The molecule has 27 heavy (non-hydrogen) atoms. The molecule has 1 atom stereocenters. The first-order valence-corrected chi connectivity index (χ1v) is 9.09. The van der Waals surface area contributed by atoms with Crippen LogP contribution in [0.4, 0.5) is 0 Å². The third kappa shape index (κ3) is 4.72. The van der Waals surface area contributed by atoms with Crippen LogP contribution in [0.25, 0.3) is 10.8 Å². The van der Waals surface area contributed by atoms with Crippen molar-refractivity contribution in [3.63, 3.8) is 0 Å². The fourth-order valence-electron chi connectivity index (χ4n) is 2.56. The van der Waals surface area contributed by atoms with Gasteiger partial charge in [-0.3, -0.25) is 9.59 Å². The first-order chi connectivity index (χ1) is 12.9. The fraction of sp³-hybridized carbons (Fsp3) is 0.100. The minimum atomic E-state index is -1.91. The van der Waals surface area contributed by atoms with E-state index in [0.717, 1.165) is 10.8 Å². The highest BCUT2D eigenvalue weighted by Gasteiger charge is 2.36. The van der Waals surface area contributed by atoms with Crippen molar-refractivity contribution < 1.29 is 14.3 Å². The van der Waals surface area contributed by atoms with Crippen LogP contribution in [0.5, 0.6) is 5.75 Å². The lowest BCUT2D eigenvalue weighted by molar-refractivity contribution is 0.0834. The molecular weight excluding hydrogens is 409 g/mol. The number of aldehydes is 1. The lowest BCUT2D eigenvalue weighted by atomic mass is 10.0. The molecule has 0 unspecified atom stereocenters. The maximum absolute atomic E-state index is 12.8. The van der Waals surface area contributed by atoms with Crippen LogP contribution in [0.3, 0.4) is 0 Å². The van der Waals surface area contributed by atoms with Crippen molar-refractivity contribution in [3.8, 4) is 5.75 Å². The Bertz CT molecular complexity index is 963. The molecule has 0 aliphatic carbocycles. The second-order valence-corrected chi connectivity index (χ2v) is 8.10. The summed E-state index contributed by atoms with van der Waals surface area (Å²) in [5, 5.41) is 4.31. The normalized spacial score (nSPS) is 12.4. The zero-order valence-corrected chi connectivity index (χ0v) is 16.1. The molecule has 0 spiro atoms. The molecule has 7 heteroatoms. The zero-order valence-electron chi connectivity index (χ0n) is 13.9. The predicted molar refractivity (Wildman–Crippen MR) is 108 cm³/mol. The van der Waals surface area contributed by atoms with Crippen molar-refractivity contribution in [2.45, 2.75) is 10.0 Å². The number of hydrogen-bond acceptors (Lipinski definition) is 3. The highest BCUT2D eigenvalue weighted by atomic mass is 35.6. The Hall–Kier alpha value is -2.27. The van der Waals surface area contributed by atoms with Gasteiger partial charge in [0.25, 0.3) is 5.91 Å². The van der Waals surface area contributed by atoms with E-state index in [9.17, 15) is 9.59 Å². The molecule has 0 aliphatic heterocycles. The van der Waals surface area contributed by atoms with Gasteiger partial charge in [-0.25, -0.2) is 0 Å². The number of fused-ring (bicyclic) bond motifs is 1. The average Bonchev–Trinajstić information content (AvgIpc) is 2.66. The highest BCUT2D eigenvalue weighted by Crippen LogP contribution is 2.32. The van der Waals surface area contributed by atoms with Gasteiger partial charge in [0, 0.05) is 11.1 Å². The third-order valence-electron chi connectivity index (χ3n) is 3.86. The molecule has 1 amide bonds. The van der Waals surface area contributed by atoms with Gasteiger partial charge in [0.1, 0.15) is 12.0 Å². The minimum Gasteiger partial charge on any atom is -0.466 e. The summed E-state index contributed by atoms with van der Waals surface area (Å²) in [4.78, 5) is 23.5. The Morgan fingerprint density at radius 2 is 1.63 bits per heavy atom. The van der Waals surface area contributed by atoms with Crippen molar-refractivity contribution in [1.29, 1.82) is 0 Å². The van der Waals surface area contributed by atoms with E-state index < -0.39 is 15.9 Å². The molecule has 0 heterocycles. The number of alkyl halides is 3. The maximum Gasteiger partial charge on any atom is 0.254 e. The van der Waals surface area contributed by atoms with Crippen LogP contribution in [0.15, 0.2) is 66.7 Å². The smallest absolute Gasteiger partial charge is 0.254 e. The summed E-state index contributed by atoms with van der Waals surface area (Å²) >= 11 is 18.0. The van der Waals surface area contributed by atoms with Crippen LogP contribution < -0.4 is 10.1 Å². The van der Waals surface area contributed by atoms with Gasteiger partial charge in [0.05, 0.1) is 0 Å². The fourth-order valence-corrected chi connectivity index (χ4v) is 2.86. The summed E-state index contributed by atoms with van der Waals surface area (Å²) in [7, 11) is 0. The Morgan fingerprint density at radius 3 is 2.30 bits per heavy atom. The van der Waals surface area contributed by atoms with E-state index in [2.05, 4.69) is 5.32 Å². The van der Waals surface area contributed by atoms with E-state index in [1.807, 2.05) is 30.3 Å². The average molecular weight is 423 g/mol. The molecule has 3 aromatic rings. The first kappa shape index (κ1) is 19.5. The Kier molecular flexibility index (Phi) is 5.90. The number of hydrogen-bond donors (Lipinski definition) is 1. The van der Waals surface area contributed by atoms with Crippen LogP contribution in [-0.4, -0.2) is 22.2 Å². The predicted octanol–water partition coefficient (Wildman–Crippen LogP) is 5.16. The number of halogens is 3. The first-order valence-electron chi connectivity index (χ1n) is 7.96. The van der Waals surface area contributed by atoms with Crippen molar-refractivity contribution in [2.75, 3.05) is 0 Å². The molecule has 3 aromatic carbocycles. The van der Waals surface area contributed by atoms with Gasteiger partial charge in [-0.15, -0.1) is 0 Å². The summed E-state index contributed by atoms with van der Waals surface area (Å²) in [6.45, 7) is 0. The van der Waals surface area contributed by atoms with E-state index in [-0.39, 0.29) is 0 Å². The molecule has 0 radical (unpaired) electrons. The molecule has 3 rings (SSSR count). The number of carbonyl (C=O) groups is 2. The molecule has 0 fully saturated rings. The summed E-state index contributed by atoms with van der Waals surface area (Å²) in [6.07, 6.45) is -0.533. The summed E-state index contributed by atoms with van der Waals surface area (Å²) in [6, 6.07) is 19.1. The summed E-state index contributed by atoms with van der Waals surface area (Å²) in [5.74, 6) is -0.0946. The molecule has 0 aliphatic rings. The number of amides is 1. The highest BCUT2D eigenvalue weighted by molar-refractivity contribution is 6.68. The Labute approximate surface area is 171 Å². The van der Waals surface area contributed by atoms with E-state index >= 15 is 0 Å².